The molecular formula is C15H24N2O. The van der Waals surface area contributed by atoms with Crippen molar-refractivity contribution < 1.29 is 4.74 Å². The van der Waals surface area contributed by atoms with Gasteiger partial charge in [-0.25, -0.2) is 4.98 Å². The van der Waals surface area contributed by atoms with Gasteiger partial charge in [0.25, 0.3) is 0 Å². The lowest BCUT2D eigenvalue weighted by molar-refractivity contribution is 0.0458. The second kappa shape index (κ2) is 5.59. The molecule has 0 amide bonds. The minimum absolute atomic E-state index is 0.319. The Bertz CT molecular complexity index is 375. The van der Waals surface area contributed by atoms with Crippen molar-refractivity contribution in [2.75, 3.05) is 5.73 Å². The standard InChI is InChI=1S/C15H24N2O/c1-10(2)13-6-4-11(3)8-14(13)18-12-5-7-15(16)17-9-12/h5,7,9-11,13-14H,4,6,8H2,1-3H3,(H2,16,17). The maximum Gasteiger partial charge on any atom is 0.138 e. The normalized spacial score (nSPS) is 28.3. The summed E-state index contributed by atoms with van der Waals surface area (Å²) in [4.78, 5) is 4.09. The minimum atomic E-state index is 0.319. The maximum atomic E-state index is 6.14. The number of nitrogens with zero attached hydrogens (tertiary/aromatic N) is 1. The molecule has 0 aromatic carbocycles. The lowest BCUT2D eigenvalue weighted by atomic mass is 9.75. The van der Waals surface area contributed by atoms with Crippen LogP contribution in [0.25, 0.3) is 0 Å². The second-order valence-electron chi connectivity index (χ2n) is 5.90. The first-order valence-corrected chi connectivity index (χ1v) is 6.94. The average molecular weight is 248 g/mol. The van der Waals surface area contributed by atoms with E-state index in [9.17, 15) is 0 Å². The molecule has 2 N–H and O–H groups in total. The van der Waals surface area contributed by atoms with Crippen molar-refractivity contribution in [1.29, 1.82) is 0 Å². The van der Waals surface area contributed by atoms with Gasteiger partial charge in [0.15, 0.2) is 0 Å². The molecule has 3 nitrogen and oxygen atoms in total. The summed E-state index contributed by atoms with van der Waals surface area (Å²) in [6, 6.07) is 3.71. The quantitative estimate of drug-likeness (QED) is 0.890. The van der Waals surface area contributed by atoms with E-state index in [1.807, 2.05) is 6.07 Å². The molecule has 2 rings (SSSR count). The predicted molar refractivity (Wildman–Crippen MR) is 74.4 cm³/mol. The van der Waals surface area contributed by atoms with Crippen LogP contribution >= 0.6 is 0 Å². The molecule has 0 radical (unpaired) electrons. The Morgan fingerprint density at radius 2 is 2.11 bits per heavy atom. The van der Waals surface area contributed by atoms with Gasteiger partial charge in [0, 0.05) is 0 Å². The van der Waals surface area contributed by atoms with Crippen molar-refractivity contribution in [2.24, 2.45) is 17.8 Å². The SMILES string of the molecule is CC1CCC(C(C)C)C(Oc2ccc(N)nc2)C1. The van der Waals surface area contributed by atoms with Crippen molar-refractivity contribution in [3.05, 3.63) is 18.3 Å². The molecule has 18 heavy (non-hydrogen) atoms. The third kappa shape index (κ3) is 3.15. The van der Waals surface area contributed by atoms with Crippen LogP contribution in [0.2, 0.25) is 0 Å². The topological polar surface area (TPSA) is 48.1 Å². The Morgan fingerprint density at radius 1 is 1.33 bits per heavy atom. The third-order valence-electron chi connectivity index (χ3n) is 4.01. The number of aromatic nitrogens is 1. The van der Waals surface area contributed by atoms with Gasteiger partial charge in [0.05, 0.1) is 6.20 Å². The number of anilines is 1. The van der Waals surface area contributed by atoms with Crippen molar-refractivity contribution in [3.63, 3.8) is 0 Å². The molecule has 1 aromatic rings. The zero-order chi connectivity index (χ0) is 13.1. The summed E-state index contributed by atoms with van der Waals surface area (Å²) >= 11 is 0. The van der Waals surface area contributed by atoms with Crippen molar-refractivity contribution in [1.82, 2.24) is 4.98 Å². The third-order valence-corrected chi connectivity index (χ3v) is 4.01. The number of hydrogen-bond acceptors (Lipinski definition) is 3. The van der Waals surface area contributed by atoms with Gasteiger partial charge in [-0.3, -0.25) is 0 Å². The Kier molecular flexibility index (Phi) is 4.10. The zero-order valence-electron chi connectivity index (χ0n) is 11.6. The Morgan fingerprint density at radius 3 is 2.72 bits per heavy atom. The van der Waals surface area contributed by atoms with Crippen molar-refractivity contribution >= 4 is 5.82 Å². The van der Waals surface area contributed by atoms with Gasteiger partial charge in [0.2, 0.25) is 0 Å². The van der Waals surface area contributed by atoms with E-state index in [0.29, 0.717) is 23.8 Å². The van der Waals surface area contributed by atoms with Gasteiger partial charge in [-0.2, -0.15) is 0 Å². The molecule has 3 heteroatoms. The maximum absolute atomic E-state index is 6.14. The van der Waals surface area contributed by atoms with Crippen LogP contribution in [0.15, 0.2) is 18.3 Å². The molecule has 3 unspecified atom stereocenters. The minimum Gasteiger partial charge on any atom is -0.489 e. The number of nitrogens with two attached hydrogens (primary N) is 1. The molecule has 0 saturated heterocycles. The van der Waals surface area contributed by atoms with E-state index in [-0.39, 0.29) is 0 Å². The molecule has 0 spiro atoms. The first kappa shape index (κ1) is 13.2. The van der Waals surface area contributed by atoms with Gasteiger partial charge in [-0.15, -0.1) is 0 Å². The Balaban J connectivity index is 2.06. The molecule has 1 heterocycles. The fourth-order valence-electron chi connectivity index (χ4n) is 2.89. The molecule has 1 aliphatic rings. The molecule has 0 aliphatic heterocycles. The first-order chi connectivity index (χ1) is 8.56. The monoisotopic (exact) mass is 248 g/mol. The fraction of sp³-hybridized carbons (Fsp3) is 0.667. The summed E-state index contributed by atoms with van der Waals surface area (Å²) in [6.07, 6.45) is 5.78. The lowest BCUT2D eigenvalue weighted by Crippen LogP contribution is -2.36. The summed E-state index contributed by atoms with van der Waals surface area (Å²) in [5.74, 6) is 3.46. The van der Waals surface area contributed by atoms with Crippen LogP contribution in [-0.2, 0) is 0 Å². The molecular weight excluding hydrogens is 224 g/mol. The van der Waals surface area contributed by atoms with Gasteiger partial charge >= 0.3 is 0 Å². The molecule has 0 bridgehead atoms. The first-order valence-electron chi connectivity index (χ1n) is 6.94. The van der Waals surface area contributed by atoms with E-state index in [1.54, 1.807) is 12.3 Å². The average Bonchev–Trinajstić information content (AvgIpc) is 2.32. The smallest absolute Gasteiger partial charge is 0.138 e. The van der Waals surface area contributed by atoms with Crippen LogP contribution in [0.5, 0.6) is 5.75 Å². The van der Waals surface area contributed by atoms with Crippen LogP contribution in [0, 0.1) is 17.8 Å². The molecule has 1 aliphatic carbocycles. The Hall–Kier alpha value is -1.25. The van der Waals surface area contributed by atoms with Crippen molar-refractivity contribution in [2.45, 2.75) is 46.1 Å². The summed E-state index contributed by atoms with van der Waals surface area (Å²) < 4.78 is 6.14. The highest BCUT2D eigenvalue weighted by molar-refractivity contribution is 5.32. The van der Waals surface area contributed by atoms with Crippen LogP contribution < -0.4 is 10.5 Å². The zero-order valence-corrected chi connectivity index (χ0v) is 11.6. The van der Waals surface area contributed by atoms with Crippen LogP contribution in [0.1, 0.15) is 40.0 Å². The fourth-order valence-corrected chi connectivity index (χ4v) is 2.89. The van der Waals surface area contributed by atoms with Gasteiger partial charge in [-0.1, -0.05) is 27.2 Å². The largest absolute Gasteiger partial charge is 0.489 e. The molecule has 1 aromatic heterocycles. The number of rotatable bonds is 3. The summed E-state index contributed by atoms with van der Waals surface area (Å²) in [6.45, 7) is 6.89. The van der Waals surface area contributed by atoms with Crippen molar-refractivity contribution in [3.8, 4) is 5.75 Å². The van der Waals surface area contributed by atoms with Crippen LogP contribution in [0.3, 0.4) is 0 Å². The molecule has 1 fully saturated rings. The Labute approximate surface area is 110 Å². The van der Waals surface area contributed by atoms with Gasteiger partial charge < -0.3 is 10.5 Å². The van der Waals surface area contributed by atoms with E-state index >= 15 is 0 Å². The summed E-state index contributed by atoms with van der Waals surface area (Å²) in [5, 5.41) is 0. The summed E-state index contributed by atoms with van der Waals surface area (Å²) in [5.41, 5.74) is 5.59. The number of pyridine rings is 1. The number of ether oxygens (including phenoxy) is 1. The van der Waals surface area contributed by atoms with E-state index in [4.69, 9.17) is 10.5 Å². The van der Waals surface area contributed by atoms with Crippen LogP contribution in [-0.4, -0.2) is 11.1 Å². The van der Waals surface area contributed by atoms with E-state index < -0.39 is 0 Å². The number of nitrogen functional groups attached to an aromatic ring is 1. The highest BCUT2D eigenvalue weighted by Crippen LogP contribution is 2.35. The van der Waals surface area contributed by atoms with E-state index in [2.05, 4.69) is 25.8 Å². The lowest BCUT2D eigenvalue weighted by Gasteiger charge is -2.37. The van der Waals surface area contributed by atoms with Crippen LogP contribution in [0.4, 0.5) is 5.82 Å². The van der Waals surface area contributed by atoms with E-state index in [1.165, 1.54) is 12.8 Å². The van der Waals surface area contributed by atoms with E-state index in [0.717, 1.165) is 18.1 Å². The molecule has 3 atom stereocenters. The molecule has 100 valence electrons. The van der Waals surface area contributed by atoms with Gasteiger partial charge in [0.1, 0.15) is 17.7 Å². The highest BCUT2D eigenvalue weighted by atomic mass is 16.5. The second-order valence-corrected chi connectivity index (χ2v) is 5.90. The highest BCUT2D eigenvalue weighted by Gasteiger charge is 2.32. The van der Waals surface area contributed by atoms with Gasteiger partial charge in [-0.05, 0) is 42.7 Å². The molecule has 1 saturated carbocycles. The number of hydrogen-bond donors (Lipinski definition) is 1. The summed E-state index contributed by atoms with van der Waals surface area (Å²) in [7, 11) is 0. The predicted octanol–water partition coefficient (Wildman–Crippen LogP) is 3.50.